The summed E-state index contributed by atoms with van der Waals surface area (Å²) in [4.78, 5) is 15.1. The standard InChI is InChI=1S/C22H26FNO2/c1-15-14-18(8-13-21(15)26-3)22(25)24-16(2)4-11-20(24)12-7-17-5-9-19(23)10-6-17/h5-6,8-10,13-14,16,20H,4,7,11-12H2,1-3H3/t16-,20-/m1/s1. The summed E-state index contributed by atoms with van der Waals surface area (Å²) in [5.74, 6) is 0.670. The molecule has 2 aromatic carbocycles. The number of aryl methyl sites for hydroxylation is 2. The minimum atomic E-state index is -0.213. The molecular weight excluding hydrogens is 329 g/mol. The highest BCUT2D eigenvalue weighted by Gasteiger charge is 2.34. The van der Waals surface area contributed by atoms with Gasteiger partial charge in [-0.05, 0) is 81.0 Å². The Balaban J connectivity index is 1.72. The van der Waals surface area contributed by atoms with E-state index in [1.165, 1.54) is 12.1 Å². The number of likely N-dealkylation sites (tertiary alicyclic amines) is 1. The van der Waals surface area contributed by atoms with Crippen LogP contribution >= 0.6 is 0 Å². The number of halogens is 1. The van der Waals surface area contributed by atoms with E-state index in [0.717, 1.165) is 42.6 Å². The maximum absolute atomic E-state index is 13.1. The summed E-state index contributed by atoms with van der Waals surface area (Å²) < 4.78 is 18.4. The summed E-state index contributed by atoms with van der Waals surface area (Å²) in [5.41, 5.74) is 2.79. The molecule has 4 heteroatoms. The van der Waals surface area contributed by atoms with Gasteiger partial charge < -0.3 is 9.64 Å². The molecule has 3 rings (SSSR count). The van der Waals surface area contributed by atoms with Crippen LogP contribution in [0.1, 0.15) is 47.7 Å². The maximum Gasteiger partial charge on any atom is 0.254 e. The zero-order valence-corrected chi connectivity index (χ0v) is 15.7. The quantitative estimate of drug-likeness (QED) is 0.773. The van der Waals surface area contributed by atoms with Gasteiger partial charge >= 0.3 is 0 Å². The lowest BCUT2D eigenvalue weighted by Crippen LogP contribution is -2.40. The summed E-state index contributed by atoms with van der Waals surface area (Å²) in [5, 5.41) is 0. The second kappa shape index (κ2) is 7.90. The van der Waals surface area contributed by atoms with E-state index in [9.17, 15) is 9.18 Å². The van der Waals surface area contributed by atoms with Gasteiger partial charge in [-0.1, -0.05) is 12.1 Å². The van der Waals surface area contributed by atoms with Gasteiger partial charge in [-0.3, -0.25) is 4.79 Å². The molecule has 0 bridgehead atoms. The van der Waals surface area contributed by atoms with E-state index >= 15 is 0 Å². The molecule has 2 atom stereocenters. The van der Waals surface area contributed by atoms with Crippen LogP contribution in [0.4, 0.5) is 4.39 Å². The smallest absolute Gasteiger partial charge is 0.254 e. The van der Waals surface area contributed by atoms with E-state index in [0.29, 0.717) is 5.56 Å². The van der Waals surface area contributed by atoms with Crippen LogP contribution < -0.4 is 4.74 Å². The van der Waals surface area contributed by atoms with E-state index in [-0.39, 0.29) is 23.8 Å². The van der Waals surface area contributed by atoms with Crippen LogP contribution in [0.5, 0.6) is 5.75 Å². The minimum Gasteiger partial charge on any atom is -0.496 e. The zero-order valence-electron chi connectivity index (χ0n) is 15.7. The number of rotatable bonds is 5. The lowest BCUT2D eigenvalue weighted by atomic mass is 10.0. The maximum atomic E-state index is 13.1. The number of carbonyl (C=O) groups excluding carboxylic acids is 1. The fraction of sp³-hybridized carbons (Fsp3) is 0.409. The first-order valence-corrected chi connectivity index (χ1v) is 9.21. The highest BCUT2D eigenvalue weighted by Crippen LogP contribution is 2.30. The van der Waals surface area contributed by atoms with Gasteiger partial charge in [0.2, 0.25) is 0 Å². The molecule has 0 radical (unpaired) electrons. The van der Waals surface area contributed by atoms with E-state index in [2.05, 4.69) is 6.92 Å². The number of ether oxygens (including phenoxy) is 1. The van der Waals surface area contributed by atoms with Crippen molar-refractivity contribution < 1.29 is 13.9 Å². The first-order chi connectivity index (χ1) is 12.5. The Hall–Kier alpha value is -2.36. The Morgan fingerprint density at radius 1 is 1.19 bits per heavy atom. The summed E-state index contributed by atoms with van der Waals surface area (Å²) in [7, 11) is 1.64. The van der Waals surface area contributed by atoms with E-state index in [1.807, 2.05) is 42.2 Å². The van der Waals surface area contributed by atoms with Crippen molar-refractivity contribution in [2.75, 3.05) is 7.11 Å². The van der Waals surface area contributed by atoms with E-state index < -0.39 is 0 Å². The van der Waals surface area contributed by atoms with Crippen molar-refractivity contribution in [3.05, 3.63) is 65.0 Å². The molecule has 1 saturated heterocycles. The molecule has 1 aliphatic rings. The lowest BCUT2D eigenvalue weighted by molar-refractivity contribution is 0.0672. The molecule has 3 nitrogen and oxygen atoms in total. The number of amides is 1. The fourth-order valence-corrected chi connectivity index (χ4v) is 3.87. The summed E-state index contributed by atoms with van der Waals surface area (Å²) in [6.45, 7) is 4.07. The summed E-state index contributed by atoms with van der Waals surface area (Å²) in [6, 6.07) is 12.7. The van der Waals surface area contributed by atoms with Crippen LogP contribution in [-0.2, 0) is 6.42 Å². The molecule has 0 N–H and O–H groups in total. The number of methoxy groups -OCH3 is 1. The molecule has 1 aliphatic heterocycles. The Morgan fingerprint density at radius 3 is 2.58 bits per heavy atom. The van der Waals surface area contributed by atoms with Gasteiger partial charge in [-0.25, -0.2) is 4.39 Å². The molecule has 1 amide bonds. The third-order valence-corrected chi connectivity index (χ3v) is 5.34. The van der Waals surface area contributed by atoms with Crippen LogP contribution in [-0.4, -0.2) is 30.0 Å². The third-order valence-electron chi connectivity index (χ3n) is 5.34. The molecule has 138 valence electrons. The van der Waals surface area contributed by atoms with Gasteiger partial charge in [0.05, 0.1) is 7.11 Å². The van der Waals surface area contributed by atoms with Crippen molar-refractivity contribution in [3.63, 3.8) is 0 Å². The van der Waals surface area contributed by atoms with Crippen molar-refractivity contribution in [1.82, 2.24) is 4.90 Å². The van der Waals surface area contributed by atoms with Gasteiger partial charge in [0.25, 0.3) is 5.91 Å². The fourth-order valence-electron chi connectivity index (χ4n) is 3.87. The molecular formula is C22H26FNO2. The zero-order chi connectivity index (χ0) is 18.7. The lowest BCUT2D eigenvalue weighted by Gasteiger charge is -2.29. The number of hydrogen-bond acceptors (Lipinski definition) is 2. The second-order valence-electron chi connectivity index (χ2n) is 7.14. The second-order valence-corrected chi connectivity index (χ2v) is 7.14. The first-order valence-electron chi connectivity index (χ1n) is 9.21. The van der Waals surface area contributed by atoms with Crippen molar-refractivity contribution in [2.45, 2.75) is 51.6 Å². The summed E-state index contributed by atoms with van der Waals surface area (Å²) in [6.07, 6.45) is 3.79. The van der Waals surface area contributed by atoms with Crippen LogP contribution in [0.2, 0.25) is 0 Å². The molecule has 0 spiro atoms. The van der Waals surface area contributed by atoms with Gasteiger partial charge in [-0.2, -0.15) is 0 Å². The molecule has 26 heavy (non-hydrogen) atoms. The van der Waals surface area contributed by atoms with Crippen molar-refractivity contribution >= 4 is 5.91 Å². The predicted octanol–water partition coefficient (Wildman–Crippen LogP) is 4.77. The number of hydrogen-bond donors (Lipinski definition) is 0. The Kier molecular flexibility index (Phi) is 5.60. The number of carbonyl (C=O) groups is 1. The highest BCUT2D eigenvalue weighted by molar-refractivity contribution is 5.95. The Bertz CT molecular complexity index is 772. The van der Waals surface area contributed by atoms with Gasteiger partial charge in [-0.15, -0.1) is 0 Å². The van der Waals surface area contributed by atoms with Gasteiger partial charge in [0, 0.05) is 17.6 Å². The van der Waals surface area contributed by atoms with Crippen LogP contribution in [0.15, 0.2) is 42.5 Å². The van der Waals surface area contributed by atoms with Crippen LogP contribution in [0.25, 0.3) is 0 Å². The Labute approximate surface area is 154 Å². The van der Waals surface area contributed by atoms with Crippen LogP contribution in [0, 0.1) is 12.7 Å². The van der Waals surface area contributed by atoms with E-state index in [1.54, 1.807) is 7.11 Å². The monoisotopic (exact) mass is 355 g/mol. The molecule has 1 heterocycles. The van der Waals surface area contributed by atoms with Gasteiger partial charge in [0.1, 0.15) is 11.6 Å². The minimum absolute atomic E-state index is 0.0878. The molecule has 0 aromatic heterocycles. The molecule has 1 fully saturated rings. The largest absolute Gasteiger partial charge is 0.496 e. The normalized spacial score (nSPS) is 19.6. The average molecular weight is 355 g/mol. The average Bonchev–Trinajstić information content (AvgIpc) is 3.01. The van der Waals surface area contributed by atoms with Crippen molar-refractivity contribution in [2.24, 2.45) is 0 Å². The van der Waals surface area contributed by atoms with E-state index in [4.69, 9.17) is 4.74 Å². The third kappa shape index (κ3) is 3.90. The van der Waals surface area contributed by atoms with Gasteiger partial charge in [0.15, 0.2) is 0 Å². The Morgan fingerprint density at radius 2 is 1.92 bits per heavy atom. The molecule has 0 aliphatic carbocycles. The number of benzene rings is 2. The predicted molar refractivity (Wildman–Crippen MR) is 101 cm³/mol. The topological polar surface area (TPSA) is 29.5 Å². The highest BCUT2D eigenvalue weighted by atomic mass is 19.1. The number of nitrogens with zero attached hydrogens (tertiary/aromatic N) is 1. The molecule has 0 unspecified atom stereocenters. The van der Waals surface area contributed by atoms with Crippen molar-refractivity contribution in [3.8, 4) is 5.75 Å². The molecule has 2 aromatic rings. The summed E-state index contributed by atoms with van der Waals surface area (Å²) >= 11 is 0. The van der Waals surface area contributed by atoms with Crippen molar-refractivity contribution in [1.29, 1.82) is 0 Å². The van der Waals surface area contributed by atoms with Crippen LogP contribution in [0.3, 0.4) is 0 Å². The first kappa shape index (κ1) is 18.4. The SMILES string of the molecule is COc1ccc(C(=O)N2[C@@H](CCc3ccc(F)cc3)CC[C@H]2C)cc1C. The molecule has 0 saturated carbocycles.